The van der Waals surface area contributed by atoms with Crippen molar-refractivity contribution in [3.8, 4) is 0 Å². The van der Waals surface area contributed by atoms with E-state index in [9.17, 15) is 14.4 Å². The second kappa shape index (κ2) is 9.73. The van der Waals surface area contributed by atoms with Gasteiger partial charge in [0.25, 0.3) is 5.91 Å². The zero-order valence-corrected chi connectivity index (χ0v) is 15.2. The average Bonchev–Trinajstić information content (AvgIpc) is 2.65. The smallest absolute Gasteiger partial charge is 0.306 e. The molecule has 2 aromatic rings. The van der Waals surface area contributed by atoms with Crippen LogP contribution in [0.2, 0.25) is 5.02 Å². The molecular weight excluding hydrogens is 354 g/mol. The number of esters is 1. The molecule has 26 heavy (non-hydrogen) atoms. The van der Waals surface area contributed by atoms with Crippen molar-refractivity contribution in [2.24, 2.45) is 0 Å². The topological polar surface area (TPSA) is 72.5 Å². The molecule has 0 aromatic heterocycles. The fourth-order valence-corrected chi connectivity index (χ4v) is 2.36. The minimum absolute atomic E-state index is 0.0144. The Balaban J connectivity index is 1.71. The average molecular weight is 374 g/mol. The van der Waals surface area contributed by atoms with Gasteiger partial charge in [0.05, 0.1) is 6.42 Å². The van der Waals surface area contributed by atoms with Crippen LogP contribution in [-0.2, 0) is 20.7 Å². The minimum Gasteiger partial charge on any atom is -0.456 e. The summed E-state index contributed by atoms with van der Waals surface area (Å²) < 4.78 is 4.90. The number of nitrogens with one attached hydrogen (secondary N) is 1. The van der Waals surface area contributed by atoms with Crippen LogP contribution in [0.3, 0.4) is 0 Å². The number of carbonyl (C=O) groups is 3. The number of aryl methyl sites for hydroxylation is 1. The molecule has 136 valence electrons. The Morgan fingerprint density at radius 3 is 2.23 bits per heavy atom. The summed E-state index contributed by atoms with van der Waals surface area (Å²) in [5.74, 6) is -1.20. The van der Waals surface area contributed by atoms with Gasteiger partial charge >= 0.3 is 5.97 Å². The van der Waals surface area contributed by atoms with Gasteiger partial charge in [0.1, 0.15) is 0 Å². The van der Waals surface area contributed by atoms with Crippen LogP contribution in [0.25, 0.3) is 0 Å². The molecule has 0 saturated carbocycles. The first-order valence-electron chi connectivity index (χ1n) is 8.31. The molecule has 0 atom stereocenters. The van der Waals surface area contributed by atoms with Crippen molar-refractivity contribution in [2.45, 2.75) is 26.2 Å². The molecule has 0 fully saturated rings. The molecule has 0 spiro atoms. The van der Waals surface area contributed by atoms with Crippen molar-refractivity contribution in [1.29, 1.82) is 0 Å². The lowest BCUT2D eigenvalue weighted by molar-refractivity contribution is -0.147. The lowest BCUT2D eigenvalue weighted by Gasteiger charge is -2.07. The number of hydrogen-bond acceptors (Lipinski definition) is 4. The van der Waals surface area contributed by atoms with Gasteiger partial charge in [0.2, 0.25) is 0 Å². The Hall–Kier alpha value is -2.66. The summed E-state index contributed by atoms with van der Waals surface area (Å²) in [6, 6.07) is 13.9. The summed E-state index contributed by atoms with van der Waals surface area (Å²) in [5.41, 5.74) is 2.29. The van der Waals surface area contributed by atoms with E-state index in [4.69, 9.17) is 16.3 Å². The van der Waals surface area contributed by atoms with Crippen LogP contribution in [0.4, 0.5) is 5.69 Å². The van der Waals surface area contributed by atoms with E-state index in [2.05, 4.69) is 5.32 Å². The molecule has 0 aliphatic carbocycles. The van der Waals surface area contributed by atoms with Gasteiger partial charge < -0.3 is 10.1 Å². The number of amides is 1. The molecule has 0 saturated heterocycles. The number of anilines is 1. The number of benzene rings is 2. The van der Waals surface area contributed by atoms with E-state index < -0.39 is 11.9 Å². The van der Waals surface area contributed by atoms with Gasteiger partial charge in [-0.25, -0.2) is 0 Å². The summed E-state index contributed by atoms with van der Waals surface area (Å²) in [5, 5.41) is 3.19. The molecule has 6 heteroatoms. The standard InChI is InChI=1S/C20H20ClNO4/c1-2-14-3-9-17(10-4-14)22-19(24)13-26-20(25)12-11-18(23)15-5-7-16(21)8-6-15/h3-10H,2,11-13H2,1H3,(H,22,24). The van der Waals surface area contributed by atoms with Crippen molar-refractivity contribution in [3.63, 3.8) is 0 Å². The summed E-state index contributed by atoms with van der Waals surface area (Å²) in [4.78, 5) is 35.5. The Morgan fingerprint density at radius 2 is 1.62 bits per heavy atom. The van der Waals surface area contributed by atoms with Crippen molar-refractivity contribution >= 4 is 34.9 Å². The highest BCUT2D eigenvalue weighted by atomic mass is 35.5. The van der Waals surface area contributed by atoms with E-state index in [0.29, 0.717) is 16.3 Å². The number of ketones is 1. The highest BCUT2D eigenvalue weighted by Gasteiger charge is 2.12. The van der Waals surface area contributed by atoms with Crippen LogP contribution in [0.1, 0.15) is 35.7 Å². The number of Topliss-reactive ketones (excluding diaryl/α,β-unsaturated/α-hetero) is 1. The van der Waals surface area contributed by atoms with Crippen molar-refractivity contribution < 1.29 is 19.1 Å². The Kier molecular flexibility index (Phi) is 7.36. The van der Waals surface area contributed by atoms with Crippen LogP contribution >= 0.6 is 11.6 Å². The van der Waals surface area contributed by atoms with Gasteiger partial charge in [-0.3, -0.25) is 14.4 Å². The Morgan fingerprint density at radius 1 is 0.962 bits per heavy atom. The van der Waals surface area contributed by atoms with Crippen LogP contribution in [0.5, 0.6) is 0 Å². The summed E-state index contributed by atoms with van der Waals surface area (Å²) in [6.45, 7) is 1.66. The molecular formula is C20H20ClNO4. The largest absolute Gasteiger partial charge is 0.456 e. The SMILES string of the molecule is CCc1ccc(NC(=O)COC(=O)CCC(=O)c2ccc(Cl)cc2)cc1. The molecule has 2 aromatic carbocycles. The zero-order chi connectivity index (χ0) is 18.9. The second-order valence-corrected chi connectivity index (χ2v) is 6.13. The van der Waals surface area contributed by atoms with E-state index in [-0.39, 0.29) is 25.2 Å². The maximum Gasteiger partial charge on any atom is 0.306 e. The van der Waals surface area contributed by atoms with Crippen LogP contribution in [0.15, 0.2) is 48.5 Å². The van der Waals surface area contributed by atoms with Crippen molar-refractivity contribution in [2.75, 3.05) is 11.9 Å². The minimum atomic E-state index is -0.594. The highest BCUT2D eigenvalue weighted by molar-refractivity contribution is 6.30. The van der Waals surface area contributed by atoms with Crippen molar-refractivity contribution in [3.05, 3.63) is 64.7 Å². The molecule has 0 aliphatic heterocycles. The number of rotatable bonds is 8. The molecule has 2 rings (SSSR count). The van der Waals surface area contributed by atoms with Gasteiger partial charge in [-0.1, -0.05) is 30.7 Å². The number of ether oxygens (including phenoxy) is 1. The molecule has 0 bridgehead atoms. The summed E-state index contributed by atoms with van der Waals surface area (Å²) in [6.07, 6.45) is 0.848. The maximum atomic E-state index is 12.0. The molecule has 0 heterocycles. The first-order valence-corrected chi connectivity index (χ1v) is 8.69. The number of carbonyl (C=O) groups excluding carboxylic acids is 3. The van der Waals surface area contributed by atoms with E-state index >= 15 is 0 Å². The lowest BCUT2D eigenvalue weighted by Crippen LogP contribution is -2.21. The van der Waals surface area contributed by atoms with Crippen LogP contribution in [0, 0.1) is 0 Å². The third-order valence-electron chi connectivity index (χ3n) is 3.73. The molecule has 0 unspecified atom stereocenters. The van der Waals surface area contributed by atoms with E-state index in [1.54, 1.807) is 36.4 Å². The molecule has 1 amide bonds. The third-order valence-corrected chi connectivity index (χ3v) is 3.98. The van der Waals surface area contributed by atoms with E-state index in [1.807, 2.05) is 19.1 Å². The van der Waals surface area contributed by atoms with Gasteiger partial charge in [0, 0.05) is 22.7 Å². The predicted molar refractivity (Wildman–Crippen MR) is 100 cm³/mol. The zero-order valence-electron chi connectivity index (χ0n) is 14.5. The fraction of sp³-hybridized carbons (Fsp3) is 0.250. The lowest BCUT2D eigenvalue weighted by atomic mass is 10.1. The highest BCUT2D eigenvalue weighted by Crippen LogP contribution is 2.12. The maximum absolute atomic E-state index is 12.0. The third kappa shape index (κ3) is 6.33. The van der Waals surface area contributed by atoms with Gasteiger partial charge in [0.15, 0.2) is 12.4 Å². The van der Waals surface area contributed by atoms with Gasteiger partial charge in [-0.05, 0) is 48.4 Å². The monoisotopic (exact) mass is 373 g/mol. The molecule has 0 aliphatic rings. The quantitative estimate of drug-likeness (QED) is 0.559. The van der Waals surface area contributed by atoms with E-state index in [0.717, 1.165) is 6.42 Å². The van der Waals surface area contributed by atoms with Crippen LogP contribution in [-0.4, -0.2) is 24.3 Å². The Labute approximate surface area is 157 Å². The Bertz CT molecular complexity index is 769. The van der Waals surface area contributed by atoms with E-state index in [1.165, 1.54) is 5.56 Å². The first-order chi connectivity index (χ1) is 12.5. The second-order valence-electron chi connectivity index (χ2n) is 5.69. The predicted octanol–water partition coefficient (Wildman–Crippen LogP) is 4.05. The number of hydrogen-bond donors (Lipinski definition) is 1. The summed E-state index contributed by atoms with van der Waals surface area (Å²) in [7, 11) is 0. The number of halogens is 1. The van der Waals surface area contributed by atoms with Crippen molar-refractivity contribution in [1.82, 2.24) is 0 Å². The van der Waals surface area contributed by atoms with Gasteiger partial charge in [-0.2, -0.15) is 0 Å². The van der Waals surface area contributed by atoms with Crippen LogP contribution < -0.4 is 5.32 Å². The molecule has 0 radical (unpaired) electrons. The normalized spacial score (nSPS) is 10.2. The summed E-state index contributed by atoms with van der Waals surface area (Å²) >= 11 is 5.76. The fourth-order valence-electron chi connectivity index (χ4n) is 2.23. The molecule has 1 N–H and O–H groups in total. The first kappa shape index (κ1) is 19.7. The van der Waals surface area contributed by atoms with Gasteiger partial charge in [-0.15, -0.1) is 0 Å². The molecule has 5 nitrogen and oxygen atoms in total.